The number of aryl methyl sites for hydroxylation is 1. The van der Waals surface area contributed by atoms with E-state index in [0.29, 0.717) is 12.2 Å². The molecular weight excluding hydrogens is 208 g/mol. The fourth-order valence-corrected chi connectivity index (χ4v) is 1.79. The number of allylic oxidation sites excluding steroid dienone is 2. The van der Waals surface area contributed by atoms with Gasteiger partial charge in [-0.25, -0.2) is 0 Å². The lowest BCUT2D eigenvalue weighted by Gasteiger charge is -2.02. The zero-order valence-corrected chi connectivity index (χ0v) is 10.9. The van der Waals surface area contributed by atoms with Crippen LogP contribution in [0.3, 0.4) is 0 Å². The van der Waals surface area contributed by atoms with Gasteiger partial charge in [0, 0.05) is 6.42 Å². The molecule has 1 heteroatoms. The number of ketones is 1. The van der Waals surface area contributed by atoms with Gasteiger partial charge in [0.15, 0.2) is 5.78 Å². The van der Waals surface area contributed by atoms with Gasteiger partial charge < -0.3 is 0 Å². The van der Waals surface area contributed by atoms with Gasteiger partial charge in [-0.1, -0.05) is 42.8 Å². The summed E-state index contributed by atoms with van der Waals surface area (Å²) in [4.78, 5) is 11.5. The van der Waals surface area contributed by atoms with Crippen molar-refractivity contribution in [2.24, 2.45) is 0 Å². The number of rotatable bonds is 7. The molecule has 0 saturated heterocycles. The Kier molecular flexibility index (Phi) is 6.31. The highest BCUT2D eigenvalue weighted by molar-refractivity contribution is 5.94. The summed E-state index contributed by atoms with van der Waals surface area (Å²) in [7, 11) is 0. The topological polar surface area (TPSA) is 17.1 Å². The Labute approximate surface area is 105 Å². The molecule has 1 nitrogen and oxygen atoms in total. The predicted octanol–water partition coefficient (Wildman–Crippen LogP) is 4.32. The van der Waals surface area contributed by atoms with E-state index < -0.39 is 0 Å². The fourth-order valence-electron chi connectivity index (χ4n) is 1.79. The molecule has 0 radical (unpaired) electrons. The van der Waals surface area contributed by atoms with E-state index in [1.54, 1.807) is 0 Å². The first-order valence-corrected chi connectivity index (χ1v) is 6.44. The molecule has 17 heavy (non-hydrogen) atoms. The zero-order chi connectivity index (χ0) is 12.5. The lowest BCUT2D eigenvalue weighted by Crippen LogP contribution is -1.99. The van der Waals surface area contributed by atoms with Gasteiger partial charge in [-0.3, -0.25) is 4.79 Å². The van der Waals surface area contributed by atoms with Crippen molar-refractivity contribution in [3.05, 3.63) is 47.5 Å². The minimum absolute atomic E-state index is 0.298. The fraction of sp³-hybridized carbons (Fsp3) is 0.438. The maximum absolute atomic E-state index is 11.5. The van der Waals surface area contributed by atoms with Gasteiger partial charge in [0.05, 0.1) is 0 Å². The molecule has 0 aliphatic carbocycles. The molecule has 0 aliphatic heterocycles. The Balaban J connectivity index is 2.11. The van der Waals surface area contributed by atoms with E-state index in [-0.39, 0.29) is 0 Å². The van der Waals surface area contributed by atoms with E-state index >= 15 is 0 Å². The number of carbonyl (C=O) groups excluding carboxylic acids is 1. The summed E-state index contributed by atoms with van der Waals surface area (Å²) in [6.45, 7) is 3.81. The molecule has 0 saturated carbocycles. The van der Waals surface area contributed by atoms with Crippen LogP contribution < -0.4 is 0 Å². The Bertz CT molecular complexity index is 362. The summed E-state index contributed by atoms with van der Waals surface area (Å²) in [5.41, 5.74) is 2.29. The van der Waals surface area contributed by atoms with Gasteiger partial charge in [-0.15, -0.1) is 0 Å². The van der Waals surface area contributed by atoms with Gasteiger partial charge in [0.2, 0.25) is 0 Å². The van der Waals surface area contributed by atoms with Gasteiger partial charge in [-0.2, -0.15) is 0 Å². The summed E-state index contributed by atoms with van der Waals surface area (Å²) >= 11 is 0. The van der Waals surface area contributed by atoms with E-state index in [9.17, 15) is 4.79 Å². The molecule has 1 rings (SSSR count). The van der Waals surface area contributed by atoms with E-state index in [1.165, 1.54) is 12.0 Å². The van der Waals surface area contributed by atoms with Gasteiger partial charge in [0.1, 0.15) is 0 Å². The van der Waals surface area contributed by atoms with E-state index in [0.717, 1.165) is 24.8 Å². The summed E-state index contributed by atoms with van der Waals surface area (Å²) in [6, 6.07) is 10.5. The minimum atomic E-state index is 0.298. The number of carbonyl (C=O) groups is 1. The average Bonchev–Trinajstić information content (AvgIpc) is 2.38. The second-order valence-corrected chi connectivity index (χ2v) is 4.44. The molecule has 1 aromatic rings. The quantitative estimate of drug-likeness (QED) is 0.503. The second-order valence-electron chi connectivity index (χ2n) is 4.44. The molecule has 1 aromatic carbocycles. The SMILES string of the molecule is CC=C(C)C(=O)CCCCCc1ccccc1. The monoisotopic (exact) mass is 230 g/mol. The highest BCUT2D eigenvalue weighted by Crippen LogP contribution is 2.09. The maximum Gasteiger partial charge on any atom is 0.158 e. The van der Waals surface area contributed by atoms with Gasteiger partial charge in [0.25, 0.3) is 0 Å². The van der Waals surface area contributed by atoms with Crippen LogP contribution in [-0.4, -0.2) is 5.78 Å². The van der Waals surface area contributed by atoms with Crippen molar-refractivity contribution in [2.75, 3.05) is 0 Å². The van der Waals surface area contributed by atoms with Crippen LogP contribution in [0.5, 0.6) is 0 Å². The first-order chi connectivity index (χ1) is 8.24. The molecule has 0 amide bonds. The molecule has 0 N–H and O–H groups in total. The van der Waals surface area contributed by atoms with Crippen molar-refractivity contribution in [1.29, 1.82) is 0 Å². The Morgan fingerprint density at radius 1 is 1.12 bits per heavy atom. The van der Waals surface area contributed by atoms with Crippen molar-refractivity contribution >= 4 is 5.78 Å². The van der Waals surface area contributed by atoms with Crippen LogP contribution in [0, 0.1) is 0 Å². The molecular formula is C16H22O. The Hall–Kier alpha value is -1.37. The lowest BCUT2D eigenvalue weighted by atomic mass is 10.0. The van der Waals surface area contributed by atoms with Crippen LogP contribution in [0.1, 0.15) is 45.1 Å². The number of Topliss-reactive ketones (excluding diaryl/α,β-unsaturated/α-hetero) is 1. The van der Waals surface area contributed by atoms with Crippen molar-refractivity contribution in [1.82, 2.24) is 0 Å². The predicted molar refractivity (Wildman–Crippen MR) is 73.1 cm³/mol. The van der Waals surface area contributed by atoms with Crippen LogP contribution in [0.4, 0.5) is 0 Å². The second kappa shape index (κ2) is 7.83. The third-order valence-corrected chi connectivity index (χ3v) is 3.08. The van der Waals surface area contributed by atoms with Crippen molar-refractivity contribution < 1.29 is 4.79 Å². The minimum Gasteiger partial charge on any atom is -0.295 e. The van der Waals surface area contributed by atoms with Gasteiger partial charge in [-0.05, 0) is 44.2 Å². The number of hydrogen-bond donors (Lipinski definition) is 0. The average molecular weight is 230 g/mol. The first kappa shape index (κ1) is 13.7. The molecule has 0 heterocycles. The standard InChI is InChI=1S/C16H22O/c1-3-14(2)16(17)13-9-5-8-12-15-10-6-4-7-11-15/h3-4,6-7,10-11H,5,8-9,12-13H2,1-2H3. The normalized spacial score (nSPS) is 11.5. The molecule has 0 aliphatic rings. The maximum atomic E-state index is 11.5. The molecule has 92 valence electrons. The van der Waals surface area contributed by atoms with Crippen LogP contribution in [-0.2, 0) is 11.2 Å². The molecule has 0 spiro atoms. The van der Waals surface area contributed by atoms with Gasteiger partial charge >= 0.3 is 0 Å². The molecule has 0 aromatic heterocycles. The van der Waals surface area contributed by atoms with Crippen molar-refractivity contribution in [2.45, 2.75) is 46.0 Å². The molecule has 0 fully saturated rings. The number of benzene rings is 1. The molecule has 0 atom stereocenters. The highest BCUT2D eigenvalue weighted by Gasteiger charge is 2.02. The van der Waals surface area contributed by atoms with Crippen molar-refractivity contribution in [3.8, 4) is 0 Å². The summed E-state index contributed by atoms with van der Waals surface area (Å²) in [5.74, 6) is 0.298. The zero-order valence-electron chi connectivity index (χ0n) is 10.9. The van der Waals surface area contributed by atoms with E-state index in [2.05, 4.69) is 24.3 Å². The summed E-state index contributed by atoms with van der Waals surface area (Å²) in [6.07, 6.45) is 7.04. The third kappa shape index (κ3) is 5.48. The Morgan fingerprint density at radius 2 is 1.82 bits per heavy atom. The third-order valence-electron chi connectivity index (χ3n) is 3.08. The van der Waals surface area contributed by atoms with Crippen LogP contribution in [0.25, 0.3) is 0 Å². The lowest BCUT2D eigenvalue weighted by molar-refractivity contribution is -0.115. The highest BCUT2D eigenvalue weighted by atomic mass is 16.1. The Morgan fingerprint density at radius 3 is 2.47 bits per heavy atom. The first-order valence-electron chi connectivity index (χ1n) is 6.44. The van der Waals surface area contributed by atoms with Crippen LogP contribution >= 0.6 is 0 Å². The van der Waals surface area contributed by atoms with Crippen molar-refractivity contribution in [3.63, 3.8) is 0 Å². The summed E-state index contributed by atoms with van der Waals surface area (Å²) < 4.78 is 0. The number of hydrogen-bond acceptors (Lipinski definition) is 1. The number of unbranched alkanes of at least 4 members (excludes halogenated alkanes) is 2. The van der Waals surface area contributed by atoms with E-state index in [4.69, 9.17) is 0 Å². The van der Waals surface area contributed by atoms with E-state index in [1.807, 2.05) is 26.0 Å². The molecule has 0 unspecified atom stereocenters. The summed E-state index contributed by atoms with van der Waals surface area (Å²) in [5, 5.41) is 0. The molecule has 0 bridgehead atoms. The smallest absolute Gasteiger partial charge is 0.158 e. The van der Waals surface area contributed by atoms with Crippen LogP contribution in [0.15, 0.2) is 42.0 Å². The van der Waals surface area contributed by atoms with Crippen LogP contribution in [0.2, 0.25) is 0 Å². The largest absolute Gasteiger partial charge is 0.295 e.